The first kappa shape index (κ1) is 15.8. The second-order valence-corrected chi connectivity index (χ2v) is 8.04. The predicted octanol–water partition coefficient (Wildman–Crippen LogP) is 3.74. The molecule has 1 aromatic heterocycles. The van der Waals surface area contributed by atoms with Crippen LogP contribution in [-0.2, 0) is 11.0 Å². The van der Waals surface area contributed by atoms with E-state index in [9.17, 15) is 4.21 Å². The molecule has 1 rings (SSSR count). The average Bonchev–Trinajstić information content (AvgIpc) is 2.27. The zero-order valence-corrected chi connectivity index (χ0v) is 13.8. The van der Waals surface area contributed by atoms with Gasteiger partial charge in [0, 0.05) is 0 Å². The normalized spacial score (nSPS) is 15.4. The Hall–Kier alpha value is -0.260. The lowest BCUT2D eigenvalue weighted by Crippen LogP contribution is -2.36. The van der Waals surface area contributed by atoms with Gasteiger partial charge in [0.25, 0.3) is 0 Å². The van der Waals surface area contributed by atoms with Crippen LogP contribution < -0.4 is 4.72 Å². The minimum absolute atomic E-state index is 0.0348. The van der Waals surface area contributed by atoms with Crippen molar-refractivity contribution in [3.63, 3.8) is 0 Å². The van der Waals surface area contributed by atoms with Gasteiger partial charge in [0.15, 0.2) is 0 Å². The summed E-state index contributed by atoms with van der Waals surface area (Å²) in [6.45, 7) is 8.01. The molecule has 3 nitrogen and oxygen atoms in total. The quantitative estimate of drug-likeness (QED) is 0.834. The van der Waals surface area contributed by atoms with Crippen LogP contribution in [0.2, 0.25) is 0 Å². The average molecular weight is 333 g/mol. The van der Waals surface area contributed by atoms with Gasteiger partial charge in [0.2, 0.25) is 0 Å². The number of pyridine rings is 1. The van der Waals surface area contributed by atoms with E-state index in [1.165, 1.54) is 0 Å². The monoisotopic (exact) mass is 332 g/mol. The molecule has 0 aromatic carbocycles. The Labute approximate surface area is 120 Å². The molecule has 0 aliphatic carbocycles. The molecule has 1 heterocycles. The largest absolute Gasteiger partial charge is 0.244 e. The summed E-state index contributed by atoms with van der Waals surface area (Å²) >= 11 is 3.37. The Kier molecular flexibility index (Phi) is 5.95. The molecule has 0 radical (unpaired) electrons. The van der Waals surface area contributed by atoms with Crippen LogP contribution in [0.15, 0.2) is 22.8 Å². The Balaban J connectivity index is 2.87. The third-order valence-corrected chi connectivity index (χ3v) is 4.53. The van der Waals surface area contributed by atoms with Gasteiger partial charge in [-0.15, -0.1) is 0 Å². The van der Waals surface area contributed by atoms with Crippen molar-refractivity contribution in [2.45, 2.75) is 51.3 Å². The van der Waals surface area contributed by atoms with E-state index in [1.807, 2.05) is 39.0 Å². The number of hydrogen-bond acceptors (Lipinski definition) is 2. The zero-order chi connectivity index (χ0) is 13.8. The van der Waals surface area contributed by atoms with Crippen LogP contribution in [0.25, 0.3) is 0 Å². The lowest BCUT2D eigenvalue weighted by molar-refractivity contribution is 0.554. The van der Waals surface area contributed by atoms with E-state index in [0.29, 0.717) is 0 Å². The van der Waals surface area contributed by atoms with E-state index in [0.717, 1.165) is 23.1 Å². The fraction of sp³-hybridized carbons (Fsp3) is 0.615. The molecule has 5 heteroatoms. The molecule has 0 saturated carbocycles. The minimum atomic E-state index is -1.08. The molecule has 1 aromatic rings. The maximum Gasteiger partial charge on any atom is 0.106 e. The molecule has 18 heavy (non-hydrogen) atoms. The summed E-state index contributed by atoms with van der Waals surface area (Å²) in [7, 11) is -1.08. The van der Waals surface area contributed by atoms with E-state index in [4.69, 9.17) is 0 Å². The number of nitrogens with one attached hydrogen (secondary N) is 1. The Bertz CT molecular complexity index is 418. The number of aromatic nitrogens is 1. The van der Waals surface area contributed by atoms with Crippen molar-refractivity contribution in [1.82, 2.24) is 9.71 Å². The van der Waals surface area contributed by atoms with Gasteiger partial charge in [-0.2, -0.15) is 0 Å². The van der Waals surface area contributed by atoms with Crippen molar-refractivity contribution in [2.75, 3.05) is 0 Å². The molecule has 0 fully saturated rings. The summed E-state index contributed by atoms with van der Waals surface area (Å²) in [5, 5.41) is 0. The van der Waals surface area contributed by atoms with Crippen molar-refractivity contribution in [1.29, 1.82) is 0 Å². The number of nitrogens with zero attached hydrogens (tertiary/aromatic N) is 1. The molecular weight excluding hydrogens is 312 g/mol. The van der Waals surface area contributed by atoms with E-state index in [-0.39, 0.29) is 10.8 Å². The summed E-state index contributed by atoms with van der Waals surface area (Å²) in [6, 6.07) is 5.86. The van der Waals surface area contributed by atoms with Crippen LogP contribution in [0.3, 0.4) is 0 Å². The minimum Gasteiger partial charge on any atom is -0.244 e. The van der Waals surface area contributed by atoms with Crippen LogP contribution in [-0.4, -0.2) is 13.9 Å². The van der Waals surface area contributed by atoms with Crippen LogP contribution in [0.4, 0.5) is 0 Å². The Morgan fingerprint density at radius 3 is 2.61 bits per heavy atom. The van der Waals surface area contributed by atoms with E-state index in [2.05, 4.69) is 32.6 Å². The molecule has 2 atom stereocenters. The molecule has 0 bridgehead atoms. The number of hydrogen-bond donors (Lipinski definition) is 1. The van der Waals surface area contributed by atoms with Gasteiger partial charge in [0.05, 0.1) is 27.5 Å². The van der Waals surface area contributed by atoms with Gasteiger partial charge in [-0.3, -0.25) is 0 Å². The zero-order valence-electron chi connectivity index (χ0n) is 11.4. The molecule has 0 spiro atoms. The van der Waals surface area contributed by atoms with E-state index in [1.54, 1.807) is 0 Å². The fourth-order valence-electron chi connectivity index (χ4n) is 1.48. The molecule has 0 aliphatic rings. The number of rotatable bonds is 5. The third-order valence-electron chi connectivity index (χ3n) is 2.48. The van der Waals surface area contributed by atoms with Crippen molar-refractivity contribution >= 4 is 26.9 Å². The standard InChI is InChI=1S/C13H21BrN2OS/c1-5-7-11(16-18(17)13(2,3)4)10-8-6-9-12(14)15-10/h6,8-9,11,16H,5,7H2,1-4H3/t11-,18-/m1/s1. The fourth-order valence-corrected chi connectivity index (χ4v) is 2.69. The van der Waals surface area contributed by atoms with Gasteiger partial charge in [-0.25, -0.2) is 13.9 Å². The smallest absolute Gasteiger partial charge is 0.106 e. The Morgan fingerprint density at radius 2 is 2.11 bits per heavy atom. The van der Waals surface area contributed by atoms with Crippen LogP contribution in [0.1, 0.15) is 52.3 Å². The maximum absolute atomic E-state index is 12.2. The molecule has 1 N–H and O–H groups in total. The summed E-state index contributed by atoms with van der Waals surface area (Å²) in [5.74, 6) is 0. The van der Waals surface area contributed by atoms with Crippen LogP contribution in [0, 0.1) is 0 Å². The van der Waals surface area contributed by atoms with Gasteiger partial charge in [0.1, 0.15) is 4.60 Å². The topological polar surface area (TPSA) is 42.0 Å². The highest BCUT2D eigenvalue weighted by atomic mass is 79.9. The van der Waals surface area contributed by atoms with Crippen molar-refractivity contribution in [3.8, 4) is 0 Å². The summed E-state index contributed by atoms with van der Waals surface area (Å²) < 4.78 is 15.9. The van der Waals surface area contributed by atoms with Gasteiger partial charge in [-0.1, -0.05) is 19.4 Å². The van der Waals surface area contributed by atoms with Gasteiger partial charge in [-0.05, 0) is 55.3 Å². The highest BCUT2D eigenvalue weighted by molar-refractivity contribution is 9.10. The van der Waals surface area contributed by atoms with Crippen molar-refractivity contribution in [2.24, 2.45) is 0 Å². The Morgan fingerprint density at radius 1 is 1.44 bits per heavy atom. The molecular formula is C13H21BrN2OS. The molecule has 102 valence electrons. The van der Waals surface area contributed by atoms with Crippen LogP contribution >= 0.6 is 15.9 Å². The van der Waals surface area contributed by atoms with Gasteiger partial charge < -0.3 is 0 Å². The number of halogens is 1. The van der Waals surface area contributed by atoms with Crippen LogP contribution in [0.5, 0.6) is 0 Å². The highest BCUT2D eigenvalue weighted by Gasteiger charge is 2.23. The molecule has 0 unspecified atom stereocenters. The molecule has 0 aliphatic heterocycles. The first-order valence-electron chi connectivity index (χ1n) is 6.15. The molecule has 0 amide bonds. The second-order valence-electron chi connectivity index (χ2n) is 5.23. The third kappa shape index (κ3) is 4.78. The molecule has 0 saturated heterocycles. The SMILES string of the molecule is CCC[C@@H](N[S@](=O)C(C)(C)C)c1cccc(Br)n1. The highest BCUT2D eigenvalue weighted by Crippen LogP contribution is 2.21. The summed E-state index contributed by atoms with van der Waals surface area (Å²) in [5.41, 5.74) is 0.934. The predicted molar refractivity (Wildman–Crippen MR) is 80.6 cm³/mol. The van der Waals surface area contributed by atoms with E-state index >= 15 is 0 Å². The van der Waals surface area contributed by atoms with Crippen molar-refractivity contribution < 1.29 is 4.21 Å². The lowest BCUT2D eigenvalue weighted by Gasteiger charge is -2.23. The maximum atomic E-state index is 12.2. The lowest BCUT2D eigenvalue weighted by atomic mass is 10.1. The van der Waals surface area contributed by atoms with Gasteiger partial charge >= 0.3 is 0 Å². The first-order chi connectivity index (χ1) is 8.34. The first-order valence-corrected chi connectivity index (χ1v) is 8.09. The second kappa shape index (κ2) is 6.78. The van der Waals surface area contributed by atoms with E-state index < -0.39 is 11.0 Å². The van der Waals surface area contributed by atoms with Crippen molar-refractivity contribution in [3.05, 3.63) is 28.5 Å². The summed E-state index contributed by atoms with van der Waals surface area (Å²) in [6.07, 6.45) is 1.94. The summed E-state index contributed by atoms with van der Waals surface area (Å²) in [4.78, 5) is 4.45.